The maximum Gasteiger partial charge on any atom is 0.407 e. The zero-order chi connectivity index (χ0) is 44.6. The maximum absolute atomic E-state index is 15.0. The summed E-state index contributed by atoms with van der Waals surface area (Å²) in [5.74, 6) is -2.43. The van der Waals surface area contributed by atoms with Crippen molar-refractivity contribution in [3.8, 4) is 0 Å². The van der Waals surface area contributed by atoms with Crippen LogP contribution in [0.25, 0.3) is 0 Å². The molecular formula is C45H69F2N5O7. The van der Waals surface area contributed by atoms with Crippen molar-refractivity contribution in [3.05, 3.63) is 84.7 Å². The smallest absolute Gasteiger partial charge is 0.407 e. The normalized spacial score (nSPS) is 23.7. The number of rotatable bonds is 22. The Labute approximate surface area is 350 Å². The molecule has 330 valence electrons. The van der Waals surface area contributed by atoms with E-state index in [1.807, 2.05) is 48.5 Å². The summed E-state index contributed by atoms with van der Waals surface area (Å²) >= 11 is 0. The van der Waals surface area contributed by atoms with Crippen LogP contribution in [0.3, 0.4) is 0 Å². The third-order valence-electron chi connectivity index (χ3n) is 10.9. The molecule has 14 heteroatoms. The Morgan fingerprint density at radius 2 is 1.53 bits per heavy atom. The molecule has 0 spiro atoms. The van der Waals surface area contributed by atoms with Crippen LogP contribution in [0.2, 0.25) is 0 Å². The van der Waals surface area contributed by atoms with Crippen LogP contribution in [0.5, 0.6) is 0 Å². The van der Waals surface area contributed by atoms with Gasteiger partial charge in [-0.15, -0.1) is 0 Å². The van der Waals surface area contributed by atoms with Gasteiger partial charge in [-0.2, -0.15) is 0 Å². The van der Waals surface area contributed by atoms with Crippen LogP contribution >= 0.6 is 0 Å². The second kappa shape index (κ2) is 24.4. The lowest BCUT2D eigenvalue weighted by atomic mass is 9.78. The van der Waals surface area contributed by atoms with E-state index < -0.39 is 42.3 Å². The summed E-state index contributed by atoms with van der Waals surface area (Å²) in [5.41, 5.74) is 2.77. The lowest BCUT2D eigenvalue weighted by Gasteiger charge is -2.37. The lowest BCUT2D eigenvalue weighted by Crippen LogP contribution is -2.54. The number of alkyl carbamates (subject to hydrolysis) is 2. The van der Waals surface area contributed by atoms with Gasteiger partial charge in [0.2, 0.25) is 5.91 Å². The Morgan fingerprint density at radius 1 is 0.932 bits per heavy atom. The minimum atomic E-state index is -1.22. The molecule has 0 aromatic carbocycles. The number of methoxy groups -OCH3 is 2. The van der Waals surface area contributed by atoms with Crippen LogP contribution in [0.4, 0.5) is 18.4 Å². The van der Waals surface area contributed by atoms with E-state index >= 15 is 0 Å². The number of amides is 3. The Morgan fingerprint density at radius 3 is 2.10 bits per heavy atom. The molecule has 2 fully saturated rings. The molecule has 12 nitrogen and oxygen atoms in total. The van der Waals surface area contributed by atoms with Gasteiger partial charge in [0.25, 0.3) is 0 Å². The minimum Gasteiger partial charge on any atom is -0.453 e. The largest absolute Gasteiger partial charge is 0.453 e. The number of nitrogens with zero attached hydrogens (tertiary/aromatic N) is 1. The fourth-order valence-corrected chi connectivity index (χ4v) is 7.76. The highest BCUT2D eigenvalue weighted by Gasteiger charge is 2.46. The number of nitrogens with one attached hydrogen (secondary N) is 4. The van der Waals surface area contributed by atoms with Gasteiger partial charge in [0.1, 0.15) is 12.2 Å². The first-order valence-corrected chi connectivity index (χ1v) is 20.5. The molecule has 1 heterocycles. The predicted octanol–water partition coefficient (Wildman–Crippen LogP) is 7.88. The zero-order valence-corrected chi connectivity index (χ0v) is 36.6. The standard InChI is InChI=1S/C45H69F2N5O7/c1-14-52(43(54)40(26(2)3)50-44(55)57-12)34(11)32(9)48-20-16-19-36(46)18-15-17-27(4)21-28(5)31(8)49-33(10)38-24-37(47)25-39(38)42(53)41(51-45(56)58-13)35-22-29(6)59-30(7)23-35/h15,17,19,21,26,29-30,34-35,37-41,48-49H,5,8-10,14,16,18,20,22-25H2,1-4,6-7,11-13H3,(H,50,55)(H,51,56)/b17-15+,27-21+,36-19+/t29-,30+,34-,35?,37+,38-,39?,40-,41?/m0/s1. The van der Waals surface area contributed by atoms with E-state index in [-0.39, 0.29) is 66.9 Å². The summed E-state index contributed by atoms with van der Waals surface area (Å²) in [6.07, 6.45) is 5.63. The van der Waals surface area contributed by atoms with Crippen molar-refractivity contribution in [1.82, 2.24) is 26.2 Å². The highest BCUT2D eigenvalue weighted by molar-refractivity contribution is 5.90. The number of halogens is 2. The molecule has 1 aliphatic carbocycles. The molecule has 0 radical (unpaired) electrons. The predicted molar refractivity (Wildman–Crippen MR) is 228 cm³/mol. The molecule has 4 N–H and O–H groups in total. The molecule has 1 aliphatic heterocycles. The fourth-order valence-electron chi connectivity index (χ4n) is 7.76. The van der Waals surface area contributed by atoms with E-state index in [1.165, 1.54) is 20.3 Å². The van der Waals surface area contributed by atoms with Crippen molar-refractivity contribution in [1.29, 1.82) is 0 Å². The monoisotopic (exact) mass is 830 g/mol. The number of likely N-dealkylation sites (N-methyl/N-ethyl adjacent to an activating group) is 1. The molecular weight excluding hydrogens is 761 g/mol. The Hall–Kier alpha value is -4.72. The number of alkyl halides is 1. The molecule has 3 unspecified atom stereocenters. The topological polar surface area (TPSA) is 147 Å². The summed E-state index contributed by atoms with van der Waals surface area (Å²) < 4.78 is 45.0. The average Bonchev–Trinajstić information content (AvgIpc) is 3.58. The second-order valence-corrected chi connectivity index (χ2v) is 16.0. The van der Waals surface area contributed by atoms with Gasteiger partial charge in [-0.3, -0.25) is 9.59 Å². The molecule has 9 atom stereocenters. The average molecular weight is 830 g/mol. The van der Waals surface area contributed by atoms with Crippen molar-refractivity contribution in [2.75, 3.05) is 27.3 Å². The number of carbonyl (C=O) groups is 4. The molecule has 2 rings (SSSR count). The van der Waals surface area contributed by atoms with Gasteiger partial charge in [0.15, 0.2) is 5.78 Å². The number of hydrogen-bond donors (Lipinski definition) is 4. The Balaban J connectivity index is 1.94. The summed E-state index contributed by atoms with van der Waals surface area (Å²) in [4.78, 5) is 53.1. The first-order valence-electron chi connectivity index (χ1n) is 20.5. The number of ketones is 1. The van der Waals surface area contributed by atoms with Crippen LogP contribution in [-0.4, -0.2) is 92.6 Å². The van der Waals surface area contributed by atoms with Gasteiger partial charge in [-0.25, -0.2) is 18.4 Å². The van der Waals surface area contributed by atoms with Crippen molar-refractivity contribution in [2.45, 2.75) is 123 Å². The van der Waals surface area contributed by atoms with E-state index in [2.05, 4.69) is 52.3 Å². The van der Waals surface area contributed by atoms with Crippen LogP contribution in [-0.2, 0) is 23.8 Å². The molecule has 0 aromatic heterocycles. The molecule has 0 aromatic rings. The number of ether oxygens (including phenoxy) is 3. The third-order valence-corrected chi connectivity index (χ3v) is 10.9. The zero-order valence-electron chi connectivity index (χ0n) is 36.6. The Kier molecular flexibility index (Phi) is 20.8. The van der Waals surface area contributed by atoms with Gasteiger partial charge in [0.05, 0.1) is 44.3 Å². The second-order valence-electron chi connectivity index (χ2n) is 16.0. The maximum atomic E-state index is 15.0. The first-order chi connectivity index (χ1) is 27.7. The van der Waals surface area contributed by atoms with Gasteiger partial charge in [-0.05, 0) is 84.1 Å². The van der Waals surface area contributed by atoms with Crippen molar-refractivity contribution in [3.63, 3.8) is 0 Å². The summed E-state index contributed by atoms with van der Waals surface area (Å²) in [6, 6.07) is -2.00. The number of allylic oxidation sites excluding steroid dienone is 6. The van der Waals surface area contributed by atoms with Crippen LogP contribution < -0.4 is 21.3 Å². The first kappa shape index (κ1) is 50.4. The van der Waals surface area contributed by atoms with Crippen molar-refractivity contribution in [2.24, 2.45) is 23.7 Å². The van der Waals surface area contributed by atoms with Crippen LogP contribution in [0.15, 0.2) is 84.7 Å². The molecule has 59 heavy (non-hydrogen) atoms. The molecule has 1 saturated heterocycles. The fraction of sp³-hybridized carbons (Fsp3) is 0.600. The summed E-state index contributed by atoms with van der Waals surface area (Å²) in [5, 5.41) is 11.7. The SMILES string of the molecule is C=C(/C=C(C)/C=C/C/C(F)=C\CCNC(=C)[C@H](C)N(CC)C(=O)[C@@H](NC(=O)OC)C(C)C)C(=C)NC(=C)[C@@H]1C[C@@H](F)CC1C(=O)C(NC(=O)OC)C1C[C@@H](C)O[C@@H](C)C1. The highest BCUT2D eigenvalue weighted by atomic mass is 19.1. The summed E-state index contributed by atoms with van der Waals surface area (Å²) in [6.45, 7) is 30.3. The third kappa shape index (κ3) is 15.8. The lowest BCUT2D eigenvalue weighted by molar-refractivity contribution is -0.135. The van der Waals surface area contributed by atoms with Crippen molar-refractivity contribution >= 4 is 23.9 Å². The molecule has 3 amide bonds. The van der Waals surface area contributed by atoms with Gasteiger partial charge < -0.3 is 40.4 Å². The Bertz CT molecular complexity index is 1610. The van der Waals surface area contributed by atoms with Crippen molar-refractivity contribution < 1.29 is 42.2 Å². The molecule has 0 bridgehead atoms. The molecule has 1 saturated carbocycles. The van der Waals surface area contributed by atoms with Gasteiger partial charge in [0, 0.05) is 48.4 Å². The number of hydrogen-bond acceptors (Lipinski definition) is 9. The van der Waals surface area contributed by atoms with E-state index in [4.69, 9.17) is 9.47 Å². The highest BCUT2D eigenvalue weighted by Crippen LogP contribution is 2.41. The quantitative estimate of drug-likeness (QED) is 0.0632. The van der Waals surface area contributed by atoms with E-state index in [9.17, 15) is 28.0 Å². The van der Waals surface area contributed by atoms with Crippen LogP contribution in [0.1, 0.15) is 87.0 Å². The van der Waals surface area contributed by atoms with E-state index in [0.717, 1.165) is 5.57 Å². The van der Waals surface area contributed by atoms with Gasteiger partial charge in [-0.1, -0.05) is 70.0 Å². The number of carbonyl (C=O) groups excluding carboxylic acids is 4. The van der Waals surface area contributed by atoms with Gasteiger partial charge >= 0.3 is 12.2 Å². The minimum absolute atomic E-state index is 0.0167. The van der Waals surface area contributed by atoms with Crippen LogP contribution in [0, 0.1) is 23.7 Å². The number of Topliss-reactive ketones (excluding diaryl/α,β-unsaturated/α-hetero) is 1. The summed E-state index contributed by atoms with van der Waals surface area (Å²) in [7, 11) is 2.48. The van der Waals surface area contributed by atoms with E-state index in [0.29, 0.717) is 55.0 Å². The molecule has 2 aliphatic rings. The van der Waals surface area contributed by atoms with E-state index in [1.54, 1.807) is 23.1 Å².